The fraction of sp³-hybridized carbons (Fsp3) is 0.316. The number of carbonyl (C=O) groups excluding carboxylic acids is 1. The van der Waals surface area contributed by atoms with E-state index in [0.717, 1.165) is 12.1 Å². The summed E-state index contributed by atoms with van der Waals surface area (Å²) < 4.78 is 49.4. The standard InChI is InChI=1S/C19H18F3NO3/c1-2-23(11-15-12-25-16-5-3-4-6-17(16)26-15)18(24)13-7-9-14(10-8-13)19(20,21)22/h3-10,15H,2,11-12H2,1H3. The van der Waals surface area contributed by atoms with Gasteiger partial charge < -0.3 is 14.4 Å². The smallest absolute Gasteiger partial charge is 0.416 e. The number of ether oxygens (including phenoxy) is 2. The van der Waals surface area contributed by atoms with Crippen molar-refractivity contribution in [3.05, 3.63) is 59.7 Å². The summed E-state index contributed by atoms with van der Waals surface area (Å²) in [6, 6.07) is 11.5. The van der Waals surface area contributed by atoms with Crippen molar-refractivity contribution in [2.24, 2.45) is 0 Å². The van der Waals surface area contributed by atoms with E-state index in [4.69, 9.17) is 9.47 Å². The van der Waals surface area contributed by atoms with Crippen LogP contribution in [0.15, 0.2) is 48.5 Å². The Labute approximate surface area is 149 Å². The third-order valence-corrected chi connectivity index (χ3v) is 4.12. The summed E-state index contributed by atoms with van der Waals surface area (Å²) in [7, 11) is 0. The number of carbonyl (C=O) groups is 1. The van der Waals surface area contributed by atoms with Crippen LogP contribution in [0.2, 0.25) is 0 Å². The fourth-order valence-electron chi connectivity index (χ4n) is 2.74. The van der Waals surface area contributed by atoms with Crippen molar-refractivity contribution in [1.82, 2.24) is 4.90 Å². The lowest BCUT2D eigenvalue weighted by Crippen LogP contribution is -2.43. The molecule has 1 unspecified atom stereocenters. The fourth-order valence-corrected chi connectivity index (χ4v) is 2.74. The molecule has 4 nitrogen and oxygen atoms in total. The molecule has 0 aromatic heterocycles. The van der Waals surface area contributed by atoms with Crippen LogP contribution in [-0.2, 0) is 6.18 Å². The minimum absolute atomic E-state index is 0.206. The van der Waals surface area contributed by atoms with Crippen molar-refractivity contribution >= 4 is 5.91 Å². The van der Waals surface area contributed by atoms with Crippen LogP contribution in [0.4, 0.5) is 13.2 Å². The third-order valence-electron chi connectivity index (χ3n) is 4.12. The molecule has 1 atom stereocenters. The second-order valence-corrected chi connectivity index (χ2v) is 5.92. The van der Waals surface area contributed by atoms with E-state index in [-0.39, 0.29) is 24.1 Å². The zero-order valence-corrected chi connectivity index (χ0v) is 14.1. The van der Waals surface area contributed by atoms with Gasteiger partial charge in [-0.2, -0.15) is 13.2 Å². The molecule has 0 bridgehead atoms. The van der Waals surface area contributed by atoms with Crippen molar-refractivity contribution in [1.29, 1.82) is 0 Å². The SMILES string of the molecule is CCN(CC1COc2ccccc2O1)C(=O)c1ccc(C(F)(F)F)cc1. The maximum Gasteiger partial charge on any atom is 0.416 e. The quantitative estimate of drug-likeness (QED) is 0.822. The highest BCUT2D eigenvalue weighted by Gasteiger charge is 2.31. The molecule has 1 aliphatic heterocycles. The Morgan fingerprint density at radius 1 is 1.12 bits per heavy atom. The average Bonchev–Trinajstić information content (AvgIpc) is 2.65. The number of nitrogens with zero attached hydrogens (tertiary/aromatic N) is 1. The maximum atomic E-state index is 12.6. The molecule has 0 fully saturated rings. The van der Waals surface area contributed by atoms with E-state index >= 15 is 0 Å². The van der Waals surface area contributed by atoms with E-state index in [2.05, 4.69) is 0 Å². The first-order chi connectivity index (χ1) is 12.4. The van der Waals surface area contributed by atoms with E-state index in [1.165, 1.54) is 17.0 Å². The van der Waals surface area contributed by atoms with Gasteiger partial charge in [-0.05, 0) is 43.3 Å². The molecule has 0 saturated heterocycles. The molecule has 7 heteroatoms. The van der Waals surface area contributed by atoms with Crippen LogP contribution >= 0.6 is 0 Å². The van der Waals surface area contributed by atoms with Gasteiger partial charge in [0.05, 0.1) is 12.1 Å². The van der Waals surface area contributed by atoms with E-state index in [9.17, 15) is 18.0 Å². The number of rotatable bonds is 4. The molecule has 0 N–H and O–H groups in total. The van der Waals surface area contributed by atoms with Crippen LogP contribution in [0.3, 0.4) is 0 Å². The maximum absolute atomic E-state index is 12.6. The molecule has 3 rings (SSSR count). The zero-order chi connectivity index (χ0) is 18.7. The molecule has 0 aliphatic carbocycles. The molecule has 1 aliphatic rings. The van der Waals surface area contributed by atoms with E-state index < -0.39 is 11.7 Å². The second kappa shape index (κ2) is 7.27. The number of hydrogen-bond acceptors (Lipinski definition) is 3. The molecular weight excluding hydrogens is 347 g/mol. The Hall–Kier alpha value is -2.70. The van der Waals surface area contributed by atoms with Crippen LogP contribution < -0.4 is 9.47 Å². The van der Waals surface area contributed by atoms with Gasteiger partial charge in [0.15, 0.2) is 17.6 Å². The molecule has 0 saturated carbocycles. The first-order valence-corrected chi connectivity index (χ1v) is 8.23. The van der Waals surface area contributed by atoms with Crippen molar-refractivity contribution in [2.45, 2.75) is 19.2 Å². The predicted octanol–water partition coefficient (Wildman–Crippen LogP) is 4.01. The van der Waals surface area contributed by atoms with E-state index in [1.54, 1.807) is 19.1 Å². The summed E-state index contributed by atoms with van der Waals surface area (Å²) in [5, 5.41) is 0. The zero-order valence-electron chi connectivity index (χ0n) is 14.1. The minimum atomic E-state index is -4.42. The van der Waals surface area contributed by atoms with E-state index in [1.807, 2.05) is 12.1 Å². The number of alkyl halides is 3. The van der Waals surface area contributed by atoms with Crippen molar-refractivity contribution in [3.8, 4) is 11.5 Å². The third kappa shape index (κ3) is 3.92. The first kappa shape index (κ1) is 18.1. The summed E-state index contributed by atoms with van der Waals surface area (Å²) in [6.07, 6.45) is -4.77. The number of likely N-dealkylation sites (N-methyl/N-ethyl adjacent to an activating group) is 1. The summed E-state index contributed by atoms with van der Waals surface area (Å²) in [5.74, 6) is 0.923. The summed E-state index contributed by atoms with van der Waals surface area (Å²) in [6.45, 7) is 2.79. The number of benzene rings is 2. The highest BCUT2D eigenvalue weighted by molar-refractivity contribution is 5.94. The molecule has 1 amide bonds. The largest absolute Gasteiger partial charge is 0.486 e. The summed E-state index contributed by atoms with van der Waals surface area (Å²) in [4.78, 5) is 14.1. The van der Waals surface area contributed by atoms with Gasteiger partial charge in [-0.15, -0.1) is 0 Å². The molecule has 2 aromatic rings. The molecule has 2 aromatic carbocycles. The Morgan fingerprint density at radius 2 is 1.77 bits per heavy atom. The molecule has 1 heterocycles. The normalized spacial score (nSPS) is 16.2. The minimum Gasteiger partial charge on any atom is -0.486 e. The first-order valence-electron chi connectivity index (χ1n) is 8.23. The van der Waals surface area contributed by atoms with Gasteiger partial charge in [-0.3, -0.25) is 4.79 Å². The van der Waals surface area contributed by atoms with Crippen LogP contribution in [0, 0.1) is 0 Å². The molecular formula is C19H18F3NO3. The topological polar surface area (TPSA) is 38.8 Å². The van der Waals surface area contributed by atoms with Crippen molar-refractivity contribution in [2.75, 3.05) is 19.7 Å². The van der Waals surface area contributed by atoms with Gasteiger partial charge in [-0.1, -0.05) is 12.1 Å². The second-order valence-electron chi connectivity index (χ2n) is 5.92. The number of fused-ring (bicyclic) bond motifs is 1. The lowest BCUT2D eigenvalue weighted by atomic mass is 10.1. The van der Waals surface area contributed by atoms with Crippen LogP contribution in [0.25, 0.3) is 0 Å². The monoisotopic (exact) mass is 365 g/mol. The highest BCUT2D eigenvalue weighted by Crippen LogP contribution is 2.31. The van der Waals surface area contributed by atoms with Crippen LogP contribution in [-0.4, -0.2) is 36.6 Å². The van der Waals surface area contributed by atoms with Crippen molar-refractivity contribution < 1.29 is 27.4 Å². The molecule has 0 spiro atoms. The van der Waals surface area contributed by atoms with Crippen LogP contribution in [0.5, 0.6) is 11.5 Å². The van der Waals surface area contributed by atoms with Gasteiger partial charge in [0, 0.05) is 12.1 Å². The van der Waals surface area contributed by atoms with Gasteiger partial charge in [0.25, 0.3) is 5.91 Å². The Kier molecular flexibility index (Phi) is 5.06. The average molecular weight is 365 g/mol. The lowest BCUT2D eigenvalue weighted by Gasteiger charge is -2.31. The molecule has 138 valence electrons. The summed E-state index contributed by atoms with van der Waals surface area (Å²) in [5.41, 5.74) is -0.574. The van der Waals surface area contributed by atoms with Gasteiger partial charge in [0.2, 0.25) is 0 Å². The lowest BCUT2D eigenvalue weighted by molar-refractivity contribution is -0.137. The van der Waals surface area contributed by atoms with Gasteiger partial charge in [-0.25, -0.2) is 0 Å². The van der Waals surface area contributed by atoms with Gasteiger partial charge >= 0.3 is 6.18 Å². The predicted molar refractivity (Wildman–Crippen MR) is 89.4 cm³/mol. The number of halogens is 3. The number of amides is 1. The van der Waals surface area contributed by atoms with Gasteiger partial charge in [0.1, 0.15) is 6.61 Å². The van der Waals surface area contributed by atoms with E-state index in [0.29, 0.717) is 24.7 Å². The highest BCUT2D eigenvalue weighted by atomic mass is 19.4. The summed E-state index contributed by atoms with van der Waals surface area (Å²) >= 11 is 0. The Morgan fingerprint density at radius 3 is 2.38 bits per heavy atom. The van der Waals surface area contributed by atoms with Crippen molar-refractivity contribution in [3.63, 3.8) is 0 Å². The number of hydrogen-bond donors (Lipinski definition) is 0. The Bertz CT molecular complexity index is 774. The van der Waals surface area contributed by atoms with Crippen LogP contribution in [0.1, 0.15) is 22.8 Å². The Balaban J connectivity index is 1.68. The molecule has 0 radical (unpaired) electrons. The number of para-hydroxylation sites is 2. The molecule has 26 heavy (non-hydrogen) atoms.